The molecule has 0 saturated carbocycles. The third kappa shape index (κ3) is 3.58. The summed E-state index contributed by atoms with van der Waals surface area (Å²) in [7, 11) is 0. The zero-order valence-corrected chi connectivity index (χ0v) is 15.7. The SMILES string of the molecule is CCc1cc(N2CCC[C@@H](NC(=O)c3n[nH]c4ccccc4c3=O)C2)ncn1. The molecule has 4 rings (SSSR count). The van der Waals surface area contributed by atoms with E-state index in [1.54, 1.807) is 24.5 Å². The van der Waals surface area contributed by atoms with E-state index in [2.05, 4.69) is 37.3 Å². The van der Waals surface area contributed by atoms with Gasteiger partial charge in [0.25, 0.3) is 5.91 Å². The summed E-state index contributed by atoms with van der Waals surface area (Å²) < 4.78 is 0. The molecule has 28 heavy (non-hydrogen) atoms. The number of piperidine rings is 1. The van der Waals surface area contributed by atoms with Crippen LogP contribution in [0.4, 0.5) is 5.82 Å². The lowest BCUT2D eigenvalue weighted by Crippen LogP contribution is -2.49. The smallest absolute Gasteiger partial charge is 0.276 e. The molecule has 3 aromatic rings. The van der Waals surface area contributed by atoms with Gasteiger partial charge in [0.1, 0.15) is 12.1 Å². The van der Waals surface area contributed by atoms with Crippen LogP contribution in [-0.4, -0.2) is 45.2 Å². The second kappa shape index (κ2) is 7.75. The number of aromatic nitrogens is 4. The lowest BCUT2D eigenvalue weighted by molar-refractivity contribution is 0.0926. The first-order chi connectivity index (χ1) is 13.7. The molecule has 2 N–H and O–H groups in total. The fourth-order valence-corrected chi connectivity index (χ4v) is 3.54. The van der Waals surface area contributed by atoms with E-state index in [1.807, 2.05) is 12.1 Å². The Morgan fingerprint density at radius 2 is 2.18 bits per heavy atom. The van der Waals surface area contributed by atoms with Crippen molar-refractivity contribution < 1.29 is 4.79 Å². The molecular formula is C20H22N6O2. The number of fused-ring (bicyclic) bond motifs is 1. The van der Waals surface area contributed by atoms with Gasteiger partial charge in [0.05, 0.1) is 5.52 Å². The fraction of sp³-hybridized carbons (Fsp3) is 0.350. The van der Waals surface area contributed by atoms with E-state index in [0.29, 0.717) is 17.4 Å². The monoisotopic (exact) mass is 378 g/mol. The van der Waals surface area contributed by atoms with Gasteiger partial charge in [-0.1, -0.05) is 19.1 Å². The molecule has 144 valence electrons. The van der Waals surface area contributed by atoms with Gasteiger partial charge in [-0.15, -0.1) is 0 Å². The number of anilines is 1. The van der Waals surface area contributed by atoms with Gasteiger partial charge >= 0.3 is 0 Å². The predicted octanol–water partition coefficient (Wildman–Crippen LogP) is 1.67. The van der Waals surface area contributed by atoms with Crippen LogP contribution in [0, 0.1) is 0 Å². The number of rotatable bonds is 4. The number of nitrogens with zero attached hydrogens (tertiary/aromatic N) is 4. The first-order valence-electron chi connectivity index (χ1n) is 9.50. The van der Waals surface area contributed by atoms with Crippen molar-refractivity contribution in [3.8, 4) is 0 Å². The Morgan fingerprint density at radius 3 is 3.04 bits per heavy atom. The van der Waals surface area contributed by atoms with Crippen molar-refractivity contribution in [3.63, 3.8) is 0 Å². The van der Waals surface area contributed by atoms with Gasteiger partial charge in [0, 0.05) is 36.3 Å². The van der Waals surface area contributed by atoms with E-state index in [9.17, 15) is 9.59 Å². The molecule has 1 aliphatic rings. The Bertz CT molecular complexity index is 1060. The summed E-state index contributed by atoms with van der Waals surface area (Å²) in [6.45, 7) is 3.57. The number of aromatic amines is 1. The van der Waals surface area contributed by atoms with Gasteiger partial charge < -0.3 is 10.2 Å². The van der Waals surface area contributed by atoms with Crippen molar-refractivity contribution in [2.45, 2.75) is 32.2 Å². The van der Waals surface area contributed by atoms with Gasteiger partial charge in [0.2, 0.25) is 5.43 Å². The predicted molar refractivity (Wildman–Crippen MR) is 106 cm³/mol. The van der Waals surface area contributed by atoms with Gasteiger partial charge in [-0.05, 0) is 31.4 Å². The van der Waals surface area contributed by atoms with E-state index in [1.165, 1.54) is 0 Å². The van der Waals surface area contributed by atoms with E-state index in [4.69, 9.17) is 0 Å². The molecule has 1 fully saturated rings. The third-order valence-electron chi connectivity index (χ3n) is 5.04. The zero-order valence-electron chi connectivity index (χ0n) is 15.7. The molecule has 0 spiro atoms. The van der Waals surface area contributed by atoms with Crippen LogP contribution in [0.2, 0.25) is 0 Å². The maximum Gasteiger partial charge on any atom is 0.276 e. The maximum absolute atomic E-state index is 12.7. The second-order valence-electron chi connectivity index (χ2n) is 6.93. The minimum Gasteiger partial charge on any atom is -0.354 e. The number of H-pyrrole nitrogens is 1. The van der Waals surface area contributed by atoms with E-state index >= 15 is 0 Å². The van der Waals surface area contributed by atoms with Crippen molar-refractivity contribution in [2.75, 3.05) is 18.0 Å². The molecule has 1 atom stereocenters. The highest BCUT2D eigenvalue weighted by Crippen LogP contribution is 2.18. The maximum atomic E-state index is 12.7. The average Bonchev–Trinajstić information content (AvgIpc) is 2.74. The Morgan fingerprint density at radius 1 is 1.32 bits per heavy atom. The number of hydrogen-bond acceptors (Lipinski definition) is 6. The average molecular weight is 378 g/mol. The minimum absolute atomic E-state index is 0.0750. The van der Waals surface area contributed by atoms with Crippen LogP contribution in [0.5, 0.6) is 0 Å². The number of para-hydroxylation sites is 1. The number of carbonyl (C=O) groups excluding carboxylic acids is 1. The Labute approximate surface area is 162 Å². The lowest BCUT2D eigenvalue weighted by Gasteiger charge is -2.33. The molecule has 8 nitrogen and oxygen atoms in total. The topological polar surface area (TPSA) is 104 Å². The first kappa shape index (κ1) is 18.1. The summed E-state index contributed by atoms with van der Waals surface area (Å²) in [5.74, 6) is 0.420. The van der Waals surface area contributed by atoms with Crippen molar-refractivity contribution in [1.29, 1.82) is 0 Å². The quantitative estimate of drug-likeness (QED) is 0.716. The number of hydrogen-bond donors (Lipinski definition) is 2. The molecule has 1 saturated heterocycles. The normalized spacial score (nSPS) is 16.9. The summed E-state index contributed by atoms with van der Waals surface area (Å²) >= 11 is 0. The molecule has 0 aliphatic carbocycles. The molecule has 0 bridgehead atoms. The van der Waals surface area contributed by atoms with Gasteiger partial charge in [-0.2, -0.15) is 5.10 Å². The number of aryl methyl sites for hydroxylation is 1. The standard InChI is InChI=1S/C20H22N6O2/c1-2-13-10-17(22-12-21-13)26-9-5-6-14(11-26)23-20(28)18-19(27)15-7-3-4-8-16(15)24-25-18/h3-4,7-8,10,12,14H,2,5-6,9,11H2,1H3,(H,23,28)(H,24,27)/t14-/m1/s1. The summed E-state index contributed by atoms with van der Waals surface area (Å²) in [5, 5.41) is 10.2. The Hall–Kier alpha value is -3.29. The Kier molecular flexibility index (Phi) is 5.01. The largest absolute Gasteiger partial charge is 0.354 e. The number of benzene rings is 1. The van der Waals surface area contributed by atoms with Crippen LogP contribution in [0.1, 0.15) is 35.9 Å². The highest BCUT2D eigenvalue weighted by Gasteiger charge is 2.24. The van der Waals surface area contributed by atoms with Crippen molar-refractivity contribution in [2.24, 2.45) is 0 Å². The summed E-state index contributed by atoms with van der Waals surface area (Å²) in [6.07, 6.45) is 4.20. The summed E-state index contributed by atoms with van der Waals surface area (Å²) in [4.78, 5) is 36.0. The molecule has 0 radical (unpaired) electrons. The second-order valence-corrected chi connectivity index (χ2v) is 6.93. The lowest BCUT2D eigenvalue weighted by atomic mass is 10.1. The van der Waals surface area contributed by atoms with Gasteiger partial charge in [-0.25, -0.2) is 9.97 Å². The third-order valence-corrected chi connectivity index (χ3v) is 5.04. The van der Waals surface area contributed by atoms with Crippen LogP contribution in [0.3, 0.4) is 0 Å². The summed E-state index contributed by atoms with van der Waals surface area (Å²) in [5.41, 5.74) is 1.14. The number of carbonyl (C=O) groups is 1. The Balaban J connectivity index is 1.50. The van der Waals surface area contributed by atoms with Crippen LogP contribution in [0.25, 0.3) is 10.9 Å². The van der Waals surface area contributed by atoms with Crippen molar-refractivity contribution in [1.82, 2.24) is 25.5 Å². The van der Waals surface area contributed by atoms with Crippen LogP contribution in [-0.2, 0) is 6.42 Å². The fourth-order valence-electron chi connectivity index (χ4n) is 3.54. The number of nitrogens with one attached hydrogen (secondary N) is 2. The molecule has 1 amide bonds. The minimum atomic E-state index is -0.448. The van der Waals surface area contributed by atoms with E-state index in [0.717, 1.165) is 37.3 Å². The number of amides is 1. The highest BCUT2D eigenvalue weighted by molar-refractivity contribution is 5.95. The zero-order chi connectivity index (χ0) is 19.5. The van der Waals surface area contributed by atoms with Crippen molar-refractivity contribution >= 4 is 22.6 Å². The molecular weight excluding hydrogens is 356 g/mol. The van der Waals surface area contributed by atoms with Crippen LogP contribution < -0.4 is 15.6 Å². The van der Waals surface area contributed by atoms with Crippen molar-refractivity contribution in [3.05, 3.63) is 58.3 Å². The van der Waals surface area contributed by atoms with E-state index < -0.39 is 5.91 Å². The molecule has 3 heterocycles. The molecule has 1 aliphatic heterocycles. The molecule has 2 aromatic heterocycles. The van der Waals surface area contributed by atoms with Crippen LogP contribution >= 0.6 is 0 Å². The van der Waals surface area contributed by atoms with Gasteiger partial charge in [-0.3, -0.25) is 14.7 Å². The molecule has 1 aromatic carbocycles. The molecule has 0 unspecified atom stereocenters. The first-order valence-corrected chi connectivity index (χ1v) is 9.50. The van der Waals surface area contributed by atoms with E-state index in [-0.39, 0.29) is 17.2 Å². The molecule has 8 heteroatoms. The highest BCUT2D eigenvalue weighted by atomic mass is 16.2. The van der Waals surface area contributed by atoms with Crippen LogP contribution in [0.15, 0.2) is 41.5 Å². The summed E-state index contributed by atoms with van der Waals surface area (Å²) in [6, 6.07) is 8.94. The van der Waals surface area contributed by atoms with Gasteiger partial charge in [0.15, 0.2) is 5.69 Å².